The first-order valence-corrected chi connectivity index (χ1v) is 7.93. The Morgan fingerprint density at radius 1 is 0.962 bits per heavy atom. The Morgan fingerprint density at radius 2 is 1.65 bits per heavy atom. The first kappa shape index (κ1) is 17.7. The van der Waals surface area contributed by atoms with Crippen molar-refractivity contribution in [3.05, 3.63) is 78.1 Å². The Morgan fingerprint density at radius 3 is 2.31 bits per heavy atom. The zero-order valence-electron chi connectivity index (χ0n) is 14.0. The first-order valence-electron chi connectivity index (χ1n) is 7.93. The summed E-state index contributed by atoms with van der Waals surface area (Å²) in [4.78, 5) is 10.3. The van der Waals surface area contributed by atoms with Crippen molar-refractivity contribution in [3.63, 3.8) is 0 Å². The summed E-state index contributed by atoms with van der Waals surface area (Å²) in [6, 6.07) is 16.5. The zero-order chi connectivity index (χ0) is 18.6. The molecule has 0 saturated carbocycles. The molecular formula is C19H17F3N4. The van der Waals surface area contributed by atoms with Crippen LogP contribution in [0.3, 0.4) is 0 Å². The third-order valence-electron chi connectivity index (χ3n) is 3.79. The number of hydrogen-bond donors (Lipinski definition) is 1. The summed E-state index contributed by atoms with van der Waals surface area (Å²) in [5, 5.41) is 3.00. The molecule has 1 N–H and O–H groups in total. The molecule has 0 atom stereocenters. The second-order valence-corrected chi connectivity index (χ2v) is 5.80. The fourth-order valence-corrected chi connectivity index (χ4v) is 2.45. The Kier molecular flexibility index (Phi) is 5.06. The number of anilines is 3. The molecule has 1 aromatic heterocycles. The summed E-state index contributed by atoms with van der Waals surface area (Å²) in [5.41, 5.74) is 0.980. The Balaban J connectivity index is 1.71. The topological polar surface area (TPSA) is 41.0 Å². The zero-order valence-corrected chi connectivity index (χ0v) is 14.0. The van der Waals surface area contributed by atoms with Gasteiger partial charge in [-0.3, -0.25) is 0 Å². The molecule has 0 aliphatic carbocycles. The van der Waals surface area contributed by atoms with Crippen molar-refractivity contribution in [1.82, 2.24) is 9.97 Å². The van der Waals surface area contributed by atoms with Crippen LogP contribution in [0.5, 0.6) is 0 Å². The third-order valence-corrected chi connectivity index (χ3v) is 3.79. The van der Waals surface area contributed by atoms with E-state index in [0.717, 1.165) is 17.7 Å². The highest BCUT2D eigenvalue weighted by Crippen LogP contribution is 2.30. The lowest BCUT2D eigenvalue weighted by atomic mass is 10.2. The lowest BCUT2D eigenvalue weighted by molar-refractivity contribution is -0.137. The van der Waals surface area contributed by atoms with E-state index in [2.05, 4.69) is 15.3 Å². The van der Waals surface area contributed by atoms with Gasteiger partial charge in [-0.25, -0.2) is 9.97 Å². The molecule has 0 aliphatic heterocycles. The molecule has 7 heteroatoms. The van der Waals surface area contributed by atoms with Crippen LogP contribution in [0.25, 0.3) is 0 Å². The number of rotatable bonds is 5. The van der Waals surface area contributed by atoms with Crippen LogP contribution >= 0.6 is 0 Å². The molecule has 1 heterocycles. The van der Waals surface area contributed by atoms with Crippen molar-refractivity contribution in [2.45, 2.75) is 12.7 Å². The monoisotopic (exact) mass is 358 g/mol. The number of hydrogen-bond acceptors (Lipinski definition) is 4. The highest BCUT2D eigenvalue weighted by atomic mass is 19.4. The summed E-state index contributed by atoms with van der Waals surface area (Å²) in [7, 11) is 1.91. The maximum atomic E-state index is 12.6. The largest absolute Gasteiger partial charge is 0.416 e. The molecule has 134 valence electrons. The molecule has 0 saturated heterocycles. The highest BCUT2D eigenvalue weighted by Gasteiger charge is 2.29. The van der Waals surface area contributed by atoms with Gasteiger partial charge in [-0.1, -0.05) is 30.3 Å². The number of nitrogens with one attached hydrogen (secondary N) is 1. The number of aromatic nitrogens is 2. The molecule has 0 amide bonds. The molecule has 0 radical (unpaired) electrons. The van der Waals surface area contributed by atoms with Crippen LogP contribution in [-0.4, -0.2) is 17.0 Å². The fraction of sp³-hybridized carbons (Fsp3) is 0.158. The minimum absolute atomic E-state index is 0.509. The minimum atomic E-state index is -4.35. The van der Waals surface area contributed by atoms with Gasteiger partial charge in [0.2, 0.25) is 0 Å². The second-order valence-electron chi connectivity index (χ2n) is 5.80. The van der Waals surface area contributed by atoms with E-state index < -0.39 is 11.7 Å². The van der Waals surface area contributed by atoms with Crippen molar-refractivity contribution in [1.29, 1.82) is 0 Å². The average Bonchev–Trinajstić information content (AvgIpc) is 2.62. The lowest BCUT2D eigenvalue weighted by Gasteiger charge is -2.18. The van der Waals surface area contributed by atoms with Crippen LogP contribution in [0.4, 0.5) is 30.5 Å². The summed E-state index contributed by atoms with van der Waals surface area (Å²) in [6.07, 6.45) is -2.93. The fourth-order valence-electron chi connectivity index (χ4n) is 2.45. The van der Waals surface area contributed by atoms with Crippen molar-refractivity contribution >= 4 is 17.3 Å². The molecule has 3 rings (SSSR count). The van der Waals surface area contributed by atoms with Gasteiger partial charge in [-0.05, 0) is 29.8 Å². The van der Waals surface area contributed by atoms with Gasteiger partial charge in [0.1, 0.15) is 18.0 Å². The van der Waals surface area contributed by atoms with Crippen LogP contribution in [-0.2, 0) is 12.7 Å². The smallest absolute Gasteiger partial charge is 0.355 e. The maximum absolute atomic E-state index is 12.6. The first-order chi connectivity index (χ1) is 12.4. The van der Waals surface area contributed by atoms with E-state index in [-0.39, 0.29) is 0 Å². The molecule has 0 spiro atoms. The highest BCUT2D eigenvalue weighted by molar-refractivity contribution is 5.59. The molecular weight excluding hydrogens is 341 g/mol. The molecule has 26 heavy (non-hydrogen) atoms. The molecule has 0 aliphatic rings. The van der Waals surface area contributed by atoms with Crippen molar-refractivity contribution < 1.29 is 13.2 Å². The maximum Gasteiger partial charge on any atom is 0.416 e. The molecule has 4 nitrogen and oxygen atoms in total. The number of nitrogens with zero attached hydrogens (tertiary/aromatic N) is 3. The van der Waals surface area contributed by atoms with Crippen LogP contribution < -0.4 is 10.2 Å². The standard InChI is InChI=1S/C19H17F3N4/c1-26(12-14-5-3-2-4-6-14)18-11-17(23-13-24-18)25-16-9-7-15(8-10-16)19(20,21)22/h2-11,13H,12H2,1H3,(H,23,24,25). The molecule has 0 bridgehead atoms. The number of benzene rings is 2. The quantitative estimate of drug-likeness (QED) is 0.706. The van der Waals surface area contributed by atoms with E-state index in [1.807, 2.05) is 42.3 Å². The van der Waals surface area contributed by atoms with Crippen LogP contribution in [0.15, 0.2) is 67.0 Å². The Labute approximate surface area is 149 Å². The molecule has 2 aromatic carbocycles. The number of alkyl halides is 3. The third kappa shape index (κ3) is 4.50. The van der Waals surface area contributed by atoms with Gasteiger partial charge in [-0.15, -0.1) is 0 Å². The van der Waals surface area contributed by atoms with E-state index in [0.29, 0.717) is 23.9 Å². The Bertz CT molecular complexity index is 849. The van der Waals surface area contributed by atoms with Gasteiger partial charge in [0, 0.05) is 25.3 Å². The van der Waals surface area contributed by atoms with Crippen molar-refractivity contribution in [3.8, 4) is 0 Å². The van der Waals surface area contributed by atoms with Crippen molar-refractivity contribution in [2.24, 2.45) is 0 Å². The van der Waals surface area contributed by atoms with Gasteiger partial charge in [0.05, 0.1) is 5.56 Å². The molecule has 0 fully saturated rings. The van der Waals surface area contributed by atoms with Gasteiger partial charge >= 0.3 is 6.18 Å². The van der Waals surface area contributed by atoms with Crippen LogP contribution in [0.1, 0.15) is 11.1 Å². The average molecular weight is 358 g/mol. The lowest BCUT2D eigenvalue weighted by Crippen LogP contribution is -2.17. The summed E-state index contributed by atoms with van der Waals surface area (Å²) in [6.45, 7) is 0.678. The van der Waals surface area contributed by atoms with E-state index in [1.54, 1.807) is 6.07 Å². The molecule has 0 unspecified atom stereocenters. The summed E-state index contributed by atoms with van der Waals surface area (Å²) >= 11 is 0. The minimum Gasteiger partial charge on any atom is -0.355 e. The summed E-state index contributed by atoms with van der Waals surface area (Å²) < 4.78 is 37.9. The normalized spacial score (nSPS) is 11.2. The predicted octanol–water partition coefficient (Wildman–Crippen LogP) is 4.88. The number of halogens is 3. The Hall–Kier alpha value is -3.09. The van der Waals surface area contributed by atoms with E-state index in [9.17, 15) is 13.2 Å². The van der Waals surface area contributed by atoms with Gasteiger partial charge in [-0.2, -0.15) is 13.2 Å². The van der Waals surface area contributed by atoms with E-state index >= 15 is 0 Å². The van der Waals surface area contributed by atoms with Gasteiger partial charge in [0.15, 0.2) is 0 Å². The van der Waals surface area contributed by atoms with Crippen molar-refractivity contribution in [2.75, 3.05) is 17.3 Å². The molecule has 3 aromatic rings. The van der Waals surface area contributed by atoms with Crippen LogP contribution in [0.2, 0.25) is 0 Å². The SMILES string of the molecule is CN(Cc1ccccc1)c1cc(Nc2ccc(C(F)(F)F)cc2)ncn1. The predicted molar refractivity (Wildman–Crippen MR) is 95.3 cm³/mol. The second kappa shape index (κ2) is 7.43. The van der Waals surface area contributed by atoms with Gasteiger partial charge < -0.3 is 10.2 Å². The van der Waals surface area contributed by atoms with Crippen LogP contribution in [0, 0.1) is 0 Å². The van der Waals surface area contributed by atoms with E-state index in [1.165, 1.54) is 18.5 Å². The van der Waals surface area contributed by atoms with Gasteiger partial charge in [0.25, 0.3) is 0 Å². The summed E-state index contributed by atoms with van der Waals surface area (Å²) in [5.74, 6) is 1.22. The van der Waals surface area contributed by atoms with E-state index in [4.69, 9.17) is 0 Å².